The minimum absolute atomic E-state index is 0.222. The Morgan fingerprint density at radius 1 is 1.37 bits per heavy atom. The number of hydrogen-bond donors (Lipinski definition) is 0. The Morgan fingerprint density at radius 3 is 2.79 bits per heavy atom. The SMILES string of the molecule is Cc1cccc(OCCC(=O)N2CCC(C)CC2)c1. The lowest BCUT2D eigenvalue weighted by Crippen LogP contribution is -2.38. The summed E-state index contributed by atoms with van der Waals surface area (Å²) in [7, 11) is 0. The topological polar surface area (TPSA) is 29.5 Å². The summed E-state index contributed by atoms with van der Waals surface area (Å²) in [5, 5.41) is 0. The second-order valence-corrected chi connectivity index (χ2v) is 5.48. The van der Waals surface area contributed by atoms with Crippen LogP contribution in [-0.2, 0) is 4.79 Å². The highest BCUT2D eigenvalue weighted by atomic mass is 16.5. The first kappa shape index (κ1) is 13.9. The van der Waals surface area contributed by atoms with Gasteiger partial charge in [0.25, 0.3) is 0 Å². The second kappa shape index (κ2) is 6.60. The summed E-state index contributed by atoms with van der Waals surface area (Å²) in [6.07, 6.45) is 2.73. The minimum atomic E-state index is 0.222. The number of amides is 1. The van der Waals surface area contributed by atoms with Crippen molar-refractivity contribution in [2.24, 2.45) is 5.92 Å². The molecular formula is C16H23NO2. The highest BCUT2D eigenvalue weighted by Crippen LogP contribution is 2.17. The van der Waals surface area contributed by atoms with Gasteiger partial charge in [-0.05, 0) is 43.4 Å². The van der Waals surface area contributed by atoms with Crippen LogP contribution in [0.5, 0.6) is 5.75 Å². The van der Waals surface area contributed by atoms with Gasteiger partial charge in [0.05, 0.1) is 13.0 Å². The summed E-state index contributed by atoms with van der Waals surface area (Å²) in [6.45, 7) is 6.57. The number of carbonyl (C=O) groups excluding carboxylic acids is 1. The second-order valence-electron chi connectivity index (χ2n) is 5.48. The molecule has 1 aliphatic rings. The monoisotopic (exact) mass is 261 g/mol. The lowest BCUT2D eigenvalue weighted by atomic mass is 9.99. The number of aryl methyl sites for hydroxylation is 1. The van der Waals surface area contributed by atoms with Gasteiger partial charge in [0.2, 0.25) is 5.91 Å². The molecule has 1 aliphatic heterocycles. The molecule has 0 bridgehead atoms. The van der Waals surface area contributed by atoms with Crippen molar-refractivity contribution >= 4 is 5.91 Å². The fourth-order valence-corrected chi connectivity index (χ4v) is 2.38. The van der Waals surface area contributed by atoms with Crippen molar-refractivity contribution in [3.05, 3.63) is 29.8 Å². The van der Waals surface area contributed by atoms with E-state index in [4.69, 9.17) is 4.74 Å². The van der Waals surface area contributed by atoms with Crippen molar-refractivity contribution in [2.45, 2.75) is 33.1 Å². The molecule has 1 heterocycles. The van der Waals surface area contributed by atoms with Crippen LogP contribution in [0.25, 0.3) is 0 Å². The molecule has 1 aromatic rings. The first-order valence-electron chi connectivity index (χ1n) is 7.12. The third kappa shape index (κ3) is 4.27. The first-order chi connectivity index (χ1) is 9.15. The third-order valence-electron chi connectivity index (χ3n) is 3.71. The van der Waals surface area contributed by atoms with Crippen LogP contribution >= 0.6 is 0 Å². The molecule has 0 radical (unpaired) electrons. The Morgan fingerprint density at radius 2 is 2.11 bits per heavy atom. The Labute approximate surface area is 115 Å². The molecule has 0 atom stereocenters. The number of ether oxygens (including phenoxy) is 1. The van der Waals surface area contributed by atoms with Gasteiger partial charge in [0, 0.05) is 13.1 Å². The average molecular weight is 261 g/mol. The molecule has 0 aliphatic carbocycles. The average Bonchev–Trinajstić information content (AvgIpc) is 2.39. The van der Waals surface area contributed by atoms with Gasteiger partial charge in [-0.2, -0.15) is 0 Å². The van der Waals surface area contributed by atoms with Crippen molar-refractivity contribution in [3.63, 3.8) is 0 Å². The number of carbonyl (C=O) groups is 1. The Bertz CT molecular complexity index is 423. The van der Waals surface area contributed by atoms with Gasteiger partial charge in [-0.3, -0.25) is 4.79 Å². The number of benzene rings is 1. The fourth-order valence-electron chi connectivity index (χ4n) is 2.38. The molecule has 0 N–H and O–H groups in total. The van der Waals surface area contributed by atoms with Crippen molar-refractivity contribution in [2.75, 3.05) is 19.7 Å². The van der Waals surface area contributed by atoms with Gasteiger partial charge in [-0.1, -0.05) is 19.1 Å². The van der Waals surface area contributed by atoms with Gasteiger partial charge >= 0.3 is 0 Å². The van der Waals surface area contributed by atoms with E-state index in [9.17, 15) is 4.79 Å². The van der Waals surface area contributed by atoms with Crippen LogP contribution in [0, 0.1) is 12.8 Å². The van der Waals surface area contributed by atoms with Crippen molar-refractivity contribution in [1.29, 1.82) is 0 Å². The molecule has 0 aromatic heterocycles. The number of rotatable bonds is 4. The molecule has 3 heteroatoms. The maximum absolute atomic E-state index is 12.0. The van der Waals surface area contributed by atoms with E-state index in [-0.39, 0.29) is 5.91 Å². The quantitative estimate of drug-likeness (QED) is 0.833. The van der Waals surface area contributed by atoms with E-state index in [2.05, 4.69) is 6.92 Å². The van der Waals surface area contributed by atoms with E-state index in [1.54, 1.807) is 0 Å². The lowest BCUT2D eigenvalue weighted by molar-refractivity contribution is -0.133. The van der Waals surface area contributed by atoms with Crippen molar-refractivity contribution in [1.82, 2.24) is 4.90 Å². The zero-order valence-electron chi connectivity index (χ0n) is 11.9. The van der Waals surface area contributed by atoms with Crippen LogP contribution < -0.4 is 4.74 Å². The zero-order valence-corrected chi connectivity index (χ0v) is 11.9. The van der Waals surface area contributed by atoms with Crippen molar-refractivity contribution in [3.8, 4) is 5.75 Å². The third-order valence-corrected chi connectivity index (χ3v) is 3.71. The highest BCUT2D eigenvalue weighted by molar-refractivity contribution is 5.76. The maximum atomic E-state index is 12.0. The number of likely N-dealkylation sites (tertiary alicyclic amines) is 1. The molecule has 19 heavy (non-hydrogen) atoms. The van der Waals surface area contributed by atoms with Crippen molar-refractivity contribution < 1.29 is 9.53 Å². The molecule has 104 valence electrons. The molecular weight excluding hydrogens is 238 g/mol. The molecule has 0 saturated carbocycles. The lowest BCUT2D eigenvalue weighted by Gasteiger charge is -2.30. The molecule has 0 unspecified atom stereocenters. The van der Waals surface area contributed by atoms with Gasteiger partial charge in [-0.25, -0.2) is 0 Å². The van der Waals surface area contributed by atoms with E-state index in [0.29, 0.717) is 13.0 Å². The summed E-state index contributed by atoms with van der Waals surface area (Å²) >= 11 is 0. The van der Waals surface area contributed by atoms with Gasteiger partial charge < -0.3 is 9.64 Å². The predicted molar refractivity (Wildman–Crippen MR) is 76.3 cm³/mol. The highest BCUT2D eigenvalue weighted by Gasteiger charge is 2.19. The Balaban J connectivity index is 1.72. The van der Waals surface area contributed by atoms with Gasteiger partial charge in [0.1, 0.15) is 5.75 Å². The van der Waals surface area contributed by atoms with E-state index in [1.807, 2.05) is 36.1 Å². The van der Waals surface area contributed by atoms with Crippen LogP contribution in [0.1, 0.15) is 31.7 Å². The normalized spacial score (nSPS) is 16.4. The molecule has 3 nitrogen and oxygen atoms in total. The summed E-state index contributed by atoms with van der Waals surface area (Å²) in [4.78, 5) is 14.0. The number of piperidine rings is 1. The standard InChI is InChI=1S/C16H23NO2/c1-13-6-9-17(10-7-13)16(18)8-11-19-15-5-3-4-14(2)12-15/h3-5,12-13H,6-11H2,1-2H3. The zero-order chi connectivity index (χ0) is 13.7. The summed E-state index contributed by atoms with van der Waals surface area (Å²) < 4.78 is 5.62. The summed E-state index contributed by atoms with van der Waals surface area (Å²) in [5.41, 5.74) is 1.17. The summed E-state index contributed by atoms with van der Waals surface area (Å²) in [6, 6.07) is 7.93. The predicted octanol–water partition coefficient (Wildman–Crippen LogP) is 3.02. The molecule has 1 saturated heterocycles. The first-order valence-corrected chi connectivity index (χ1v) is 7.12. The minimum Gasteiger partial charge on any atom is -0.493 e. The largest absolute Gasteiger partial charge is 0.493 e. The maximum Gasteiger partial charge on any atom is 0.225 e. The molecule has 1 fully saturated rings. The van der Waals surface area contributed by atoms with Crippen LogP contribution in [0.15, 0.2) is 24.3 Å². The van der Waals surface area contributed by atoms with E-state index < -0.39 is 0 Å². The van der Waals surface area contributed by atoms with E-state index in [0.717, 1.165) is 37.6 Å². The van der Waals surface area contributed by atoms with Gasteiger partial charge in [-0.15, -0.1) is 0 Å². The van der Waals surface area contributed by atoms with Crippen LogP contribution in [-0.4, -0.2) is 30.5 Å². The Hall–Kier alpha value is -1.51. The van der Waals surface area contributed by atoms with Gasteiger partial charge in [0.15, 0.2) is 0 Å². The smallest absolute Gasteiger partial charge is 0.225 e. The van der Waals surface area contributed by atoms with E-state index >= 15 is 0 Å². The number of hydrogen-bond acceptors (Lipinski definition) is 2. The molecule has 0 spiro atoms. The fraction of sp³-hybridized carbons (Fsp3) is 0.562. The Kier molecular flexibility index (Phi) is 4.83. The number of nitrogens with zero attached hydrogens (tertiary/aromatic N) is 1. The van der Waals surface area contributed by atoms with E-state index in [1.165, 1.54) is 5.56 Å². The molecule has 1 aromatic carbocycles. The van der Waals surface area contributed by atoms with Crippen LogP contribution in [0.4, 0.5) is 0 Å². The molecule has 1 amide bonds. The molecule has 2 rings (SSSR count). The summed E-state index contributed by atoms with van der Waals surface area (Å²) in [5.74, 6) is 1.83. The van der Waals surface area contributed by atoms with Crippen LogP contribution in [0.2, 0.25) is 0 Å². The van der Waals surface area contributed by atoms with Crippen LogP contribution in [0.3, 0.4) is 0 Å².